The number of benzene rings is 4. The van der Waals surface area contributed by atoms with E-state index >= 15 is 0 Å². The molecule has 0 aliphatic carbocycles. The van der Waals surface area contributed by atoms with Gasteiger partial charge in [-0.2, -0.15) is 0 Å². The van der Waals surface area contributed by atoms with Gasteiger partial charge in [0.25, 0.3) is 0 Å². The molecule has 1 atom stereocenters. The van der Waals surface area contributed by atoms with Crippen LogP contribution >= 0.6 is 0 Å². The topological polar surface area (TPSA) is 9.23 Å². The lowest BCUT2D eigenvalue weighted by molar-refractivity contribution is 0.352. The summed E-state index contributed by atoms with van der Waals surface area (Å²) >= 11 is 0. The second kappa shape index (κ2) is 10.9. The van der Waals surface area contributed by atoms with Gasteiger partial charge in [0.2, 0.25) is 0 Å². The average molecular weight is 474 g/mol. The van der Waals surface area contributed by atoms with Crippen molar-refractivity contribution in [1.82, 2.24) is 0 Å². The fourth-order valence-corrected chi connectivity index (χ4v) is 3.79. The first kappa shape index (κ1) is 24.1. The van der Waals surface area contributed by atoms with Gasteiger partial charge in [-0.1, -0.05) is 54.3 Å². The summed E-state index contributed by atoms with van der Waals surface area (Å²) in [4.78, 5) is 0. The summed E-state index contributed by atoms with van der Waals surface area (Å²) in [5.41, 5.74) is 1.79. The second-order valence-electron chi connectivity index (χ2n) is 7.94. The fraction of sp³-hybridized carbons (Fsp3) is 0.133. The Kier molecular flexibility index (Phi) is 7.52. The van der Waals surface area contributed by atoms with Crippen molar-refractivity contribution < 1.29 is 22.3 Å². The van der Waals surface area contributed by atoms with E-state index in [-0.39, 0.29) is 5.56 Å². The summed E-state index contributed by atoms with van der Waals surface area (Å²) in [5.74, 6) is 3.04. The quantitative estimate of drug-likeness (QED) is 0.158. The molecule has 0 fully saturated rings. The Morgan fingerprint density at radius 2 is 1.60 bits per heavy atom. The SMILES string of the molecule is C/C=C/COc1ccccc1C(CF)c1ccc(C#Cc2ccc3cc(F)c(F)cc3c2)c(F)c1. The zero-order chi connectivity index (χ0) is 24.8. The lowest BCUT2D eigenvalue weighted by atomic mass is 9.91. The third-order valence-corrected chi connectivity index (χ3v) is 5.64. The average Bonchev–Trinajstić information content (AvgIpc) is 2.86. The first-order valence-corrected chi connectivity index (χ1v) is 11.1. The van der Waals surface area contributed by atoms with Crippen LogP contribution in [0.3, 0.4) is 0 Å². The van der Waals surface area contributed by atoms with Gasteiger partial charge in [-0.05, 0) is 65.7 Å². The number of para-hydroxylation sites is 1. The highest BCUT2D eigenvalue weighted by atomic mass is 19.2. The van der Waals surface area contributed by atoms with Gasteiger partial charge in [0.05, 0.1) is 5.56 Å². The monoisotopic (exact) mass is 474 g/mol. The highest BCUT2D eigenvalue weighted by molar-refractivity contribution is 5.84. The van der Waals surface area contributed by atoms with Crippen molar-refractivity contribution in [1.29, 1.82) is 0 Å². The number of allylic oxidation sites excluding steroid dienone is 1. The van der Waals surface area contributed by atoms with Crippen molar-refractivity contribution in [2.24, 2.45) is 0 Å². The molecule has 0 radical (unpaired) electrons. The maximum absolute atomic E-state index is 14.9. The van der Waals surface area contributed by atoms with Gasteiger partial charge in [-0.15, -0.1) is 0 Å². The molecule has 0 heterocycles. The molecule has 0 spiro atoms. The molecular weight excluding hydrogens is 452 g/mol. The van der Waals surface area contributed by atoms with Crippen LogP contribution in [0.4, 0.5) is 17.6 Å². The third-order valence-electron chi connectivity index (χ3n) is 5.64. The summed E-state index contributed by atoms with van der Waals surface area (Å²) < 4.78 is 61.7. The molecule has 4 rings (SSSR count). The van der Waals surface area contributed by atoms with Crippen LogP contribution < -0.4 is 4.74 Å². The highest BCUT2D eigenvalue weighted by Crippen LogP contribution is 2.33. The molecular formula is C30H22F4O. The molecule has 0 bridgehead atoms. The first-order valence-electron chi connectivity index (χ1n) is 11.1. The van der Waals surface area contributed by atoms with Crippen LogP contribution in [-0.4, -0.2) is 13.3 Å². The zero-order valence-electron chi connectivity index (χ0n) is 19.0. The molecule has 0 aliphatic heterocycles. The Labute approximate surface area is 201 Å². The van der Waals surface area contributed by atoms with Gasteiger partial charge in [0, 0.05) is 17.0 Å². The number of hydrogen-bond donors (Lipinski definition) is 0. The molecule has 0 aliphatic rings. The second-order valence-corrected chi connectivity index (χ2v) is 7.94. The molecule has 1 unspecified atom stereocenters. The number of alkyl halides is 1. The van der Waals surface area contributed by atoms with E-state index in [9.17, 15) is 17.6 Å². The summed E-state index contributed by atoms with van der Waals surface area (Å²) in [6.45, 7) is 1.52. The van der Waals surface area contributed by atoms with Crippen molar-refractivity contribution in [3.05, 3.63) is 125 Å². The van der Waals surface area contributed by atoms with Crippen molar-refractivity contribution in [3.8, 4) is 17.6 Å². The Morgan fingerprint density at radius 1 is 0.829 bits per heavy atom. The van der Waals surface area contributed by atoms with Gasteiger partial charge < -0.3 is 4.74 Å². The molecule has 35 heavy (non-hydrogen) atoms. The lowest BCUT2D eigenvalue weighted by Gasteiger charge is -2.18. The van der Waals surface area contributed by atoms with Crippen LogP contribution in [0.25, 0.3) is 10.8 Å². The van der Waals surface area contributed by atoms with E-state index in [1.54, 1.807) is 48.5 Å². The predicted molar refractivity (Wildman–Crippen MR) is 131 cm³/mol. The predicted octanol–water partition coefficient (Wildman–Crippen LogP) is 7.71. The van der Waals surface area contributed by atoms with Crippen LogP contribution in [0.2, 0.25) is 0 Å². The molecule has 4 aromatic rings. The van der Waals surface area contributed by atoms with E-state index < -0.39 is 30.0 Å². The van der Waals surface area contributed by atoms with E-state index in [1.165, 1.54) is 12.1 Å². The van der Waals surface area contributed by atoms with Gasteiger partial charge in [-0.3, -0.25) is 4.39 Å². The van der Waals surface area contributed by atoms with Crippen molar-refractivity contribution in [2.75, 3.05) is 13.3 Å². The standard InChI is InChI=1S/C30H22F4O/c1-2-3-14-35-30-7-5-4-6-25(30)26(19-31)23-13-12-21(27(32)17-23)10-8-20-9-11-22-16-28(33)29(34)18-24(22)15-20/h2-7,9,11-13,15-18,26H,14,19H2,1H3/b3-2+. The summed E-state index contributed by atoms with van der Waals surface area (Å²) in [5, 5.41) is 1.03. The molecule has 0 aromatic heterocycles. The molecule has 5 heteroatoms. The number of rotatable bonds is 6. The van der Waals surface area contributed by atoms with Crippen LogP contribution in [0.15, 0.2) is 84.9 Å². The maximum atomic E-state index is 14.9. The summed E-state index contributed by atoms with van der Waals surface area (Å²) in [6.07, 6.45) is 3.71. The Bertz CT molecular complexity index is 1450. The van der Waals surface area contributed by atoms with Gasteiger partial charge >= 0.3 is 0 Å². The van der Waals surface area contributed by atoms with Crippen LogP contribution in [-0.2, 0) is 0 Å². The minimum Gasteiger partial charge on any atom is -0.489 e. The van der Waals surface area contributed by atoms with Crippen molar-refractivity contribution in [2.45, 2.75) is 12.8 Å². The van der Waals surface area contributed by atoms with Gasteiger partial charge in [-0.25, -0.2) is 13.2 Å². The Hall–Kier alpha value is -4.04. The minimum atomic E-state index is -0.944. The maximum Gasteiger partial charge on any atom is 0.159 e. The molecule has 0 amide bonds. The van der Waals surface area contributed by atoms with Gasteiger partial charge in [0.15, 0.2) is 11.6 Å². The van der Waals surface area contributed by atoms with Crippen LogP contribution in [0, 0.1) is 29.3 Å². The summed E-state index contributed by atoms with van der Waals surface area (Å²) in [7, 11) is 0. The molecule has 4 aromatic carbocycles. The highest BCUT2D eigenvalue weighted by Gasteiger charge is 2.19. The molecule has 176 valence electrons. The lowest BCUT2D eigenvalue weighted by Crippen LogP contribution is -2.07. The van der Waals surface area contributed by atoms with Crippen molar-refractivity contribution >= 4 is 10.8 Å². The Balaban J connectivity index is 1.61. The third kappa shape index (κ3) is 5.55. The molecule has 1 nitrogen and oxygen atoms in total. The van der Waals surface area contributed by atoms with Crippen LogP contribution in [0.1, 0.15) is 35.1 Å². The zero-order valence-corrected chi connectivity index (χ0v) is 19.0. The normalized spacial score (nSPS) is 11.9. The number of halogens is 4. The van der Waals surface area contributed by atoms with Crippen LogP contribution in [0.5, 0.6) is 5.75 Å². The van der Waals surface area contributed by atoms with Gasteiger partial charge in [0.1, 0.15) is 24.8 Å². The smallest absolute Gasteiger partial charge is 0.159 e. The van der Waals surface area contributed by atoms with E-state index in [2.05, 4.69) is 11.8 Å². The van der Waals surface area contributed by atoms with E-state index in [1.807, 2.05) is 19.1 Å². The van der Waals surface area contributed by atoms with E-state index in [0.29, 0.717) is 39.8 Å². The summed E-state index contributed by atoms with van der Waals surface area (Å²) in [6, 6.07) is 18.7. The first-order chi connectivity index (χ1) is 17.0. The van der Waals surface area contributed by atoms with E-state index in [0.717, 1.165) is 12.1 Å². The molecule has 0 saturated carbocycles. The number of fused-ring (bicyclic) bond motifs is 1. The van der Waals surface area contributed by atoms with E-state index in [4.69, 9.17) is 4.74 Å². The molecule has 0 saturated heterocycles. The number of hydrogen-bond acceptors (Lipinski definition) is 1. The largest absolute Gasteiger partial charge is 0.489 e. The minimum absolute atomic E-state index is 0.148. The number of ether oxygens (including phenoxy) is 1. The van der Waals surface area contributed by atoms with Crippen molar-refractivity contribution in [3.63, 3.8) is 0 Å². The fourth-order valence-electron chi connectivity index (χ4n) is 3.79. The molecule has 0 N–H and O–H groups in total. The Morgan fingerprint density at radius 3 is 2.34 bits per heavy atom.